The van der Waals surface area contributed by atoms with Crippen molar-refractivity contribution in [3.63, 3.8) is 0 Å². The van der Waals surface area contributed by atoms with Crippen LogP contribution in [-0.4, -0.2) is 39.4 Å². The van der Waals surface area contributed by atoms with E-state index in [1.807, 2.05) is 6.07 Å². The van der Waals surface area contributed by atoms with Gasteiger partial charge in [0.15, 0.2) is 0 Å². The number of hydrogen-bond acceptors (Lipinski definition) is 5. The summed E-state index contributed by atoms with van der Waals surface area (Å²) in [4.78, 5) is 8.56. The summed E-state index contributed by atoms with van der Waals surface area (Å²) in [5.41, 5.74) is 0. The van der Waals surface area contributed by atoms with Crippen molar-refractivity contribution in [3.05, 3.63) is 48.8 Å². The Bertz CT molecular complexity index is 950. The van der Waals surface area contributed by atoms with E-state index in [4.69, 9.17) is 0 Å². The summed E-state index contributed by atoms with van der Waals surface area (Å²) in [5, 5.41) is 8.19. The number of fused-ring (bicyclic) bond motifs is 1. The standard InChI is InChI=1S/C16H17N5O2S/c22-24(23,15-6-3-4-12-10-17-8-7-13(12)15)21-9-2-1-5-14(21)16-18-11-19-20-16/h3-4,6-8,10-11,14H,1-2,5,9H2,(H,18,19,20). The van der Waals surface area contributed by atoms with Crippen molar-refractivity contribution in [1.82, 2.24) is 24.5 Å². The second-order valence-electron chi connectivity index (χ2n) is 5.85. The van der Waals surface area contributed by atoms with Crippen LogP contribution in [0.2, 0.25) is 0 Å². The average Bonchev–Trinajstić information content (AvgIpc) is 3.16. The fourth-order valence-corrected chi connectivity index (χ4v) is 5.16. The molecule has 4 rings (SSSR count). The molecule has 1 aromatic carbocycles. The first kappa shape index (κ1) is 15.2. The quantitative estimate of drug-likeness (QED) is 0.787. The number of nitrogens with one attached hydrogen (secondary N) is 1. The van der Waals surface area contributed by atoms with Gasteiger partial charge in [-0.05, 0) is 25.0 Å². The fourth-order valence-electron chi connectivity index (χ4n) is 3.29. The lowest BCUT2D eigenvalue weighted by molar-refractivity contribution is 0.247. The molecule has 1 atom stereocenters. The Kier molecular flexibility index (Phi) is 3.78. The van der Waals surface area contributed by atoms with Gasteiger partial charge in [-0.2, -0.15) is 9.40 Å². The van der Waals surface area contributed by atoms with Crippen LogP contribution < -0.4 is 0 Å². The third-order valence-electron chi connectivity index (χ3n) is 4.43. The smallest absolute Gasteiger partial charge is 0.244 e. The zero-order valence-corrected chi connectivity index (χ0v) is 13.8. The molecule has 3 heterocycles. The summed E-state index contributed by atoms with van der Waals surface area (Å²) < 4.78 is 28.2. The number of pyridine rings is 1. The van der Waals surface area contributed by atoms with Crippen LogP contribution >= 0.6 is 0 Å². The minimum absolute atomic E-state index is 0.302. The van der Waals surface area contributed by atoms with Gasteiger partial charge in [0.05, 0.1) is 10.9 Å². The van der Waals surface area contributed by atoms with E-state index < -0.39 is 10.0 Å². The van der Waals surface area contributed by atoms with Crippen LogP contribution in [0.3, 0.4) is 0 Å². The molecular weight excluding hydrogens is 326 g/mol. The number of hydrogen-bond donors (Lipinski definition) is 1. The first-order valence-corrected chi connectivity index (χ1v) is 9.32. The Morgan fingerprint density at radius 2 is 2.12 bits per heavy atom. The van der Waals surface area contributed by atoms with Gasteiger partial charge in [0.2, 0.25) is 10.0 Å². The number of sulfonamides is 1. The molecule has 1 unspecified atom stereocenters. The summed E-state index contributed by atoms with van der Waals surface area (Å²) in [6.45, 7) is 0.481. The highest BCUT2D eigenvalue weighted by Crippen LogP contribution is 2.35. The Labute approximate surface area is 139 Å². The molecule has 24 heavy (non-hydrogen) atoms. The molecular formula is C16H17N5O2S. The maximum atomic E-state index is 13.4. The monoisotopic (exact) mass is 343 g/mol. The van der Waals surface area contributed by atoms with Crippen molar-refractivity contribution in [1.29, 1.82) is 0 Å². The summed E-state index contributed by atoms with van der Waals surface area (Å²) in [6, 6.07) is 6.72. The second kappa shape index (κ2) is 5.95. The number of nitrogens with zero attached hydrogens (tertiary/aromatic N) is 4. The fraction of sp³-hybridized carbons (Fsp3) is 0.312. The summed E-state index contributed by atoms with van der Waals surface area (Å²) in [6.07, 6.45) is 7.26. The first-order valence-electron chi connectivity index (χ1n) is 7.88. The molecule has 1 aliphatic heterocycles. The summed E-state index contributed by atoms with van der Waals surface area (Å²) >= 11 is 0. The van der Waals surface area contributed by atoms with Gasteiger partial charge >= 0.3 is 0 Å². The number of piperidine rings is 1. The van der Waals surface area contributed by atoms with Crippen molar-refractivity contribution < 1.29 is 8.42 Å². The Morgan fingerprint density at radius 3 is 2.96 bits per heavy atom. The van der Waals surface area contributed by atoms with Gasteiger partial charge in [0.25, 0.3) is 0 Å². The molecule has 8 heteroatoms. The molecule has 2 aromatic heterocycles. The number of benzene rings is 1. The predicted molar refractivity (Wildman–Crippen MR) is 88.6 cm³/mol. The minimum atomic E-state index is -3.65. The van der Waals surface area contributed by atoms with E-state index >= 15 is 0 Å². The molecule has 7 nitrogen and oxygen atoms in total. The molecule has 0 aliphatic carbocycles. The van der Waals surface area contributed by atoms with E-state index in [0.29, 0.717) is 22.7 Å². The van der Waals surface area contributed by atoms with Gasteiger partial charge < -0.3 is 0 Å². The highest BCUT2D eigenvalue weighted by Gasteiger charge is 2.36. The first-order chi connectivity index (χ1) is 11.7. The lowest BCUT2D eigenvalue weighted by atomic mass is 10.0. The van der Waals surface area contributed by atoms with Crippen molar-refractivity contribution in [2.24, 2.45) is 0 Å². The molecule has 1 aliphatic rings. The normalized spacial score (nSPS) is 19.6. The largest absolute Gasteiger partial charge is 0.264 e. The van der Waals surface area contributed by atoms with Crippen molar-refractivity contribution in [2.75, 3.05) is 6.54 Å². The van der Waals surface area contributed by atoms with Crippen LogP contribution in [0, 0.1) is 0 Å². The van der Waals surface area contributed by atoms with E-state index in [-0.39, 0.29) is 6.04 Å². The van der Waals surface area contributed by atoms with E-state index in [2.05, 4.69) is 20.2 Å². The number of H-pyrrole nitrogens is 1. The van der Waals surface area contributed by atoms with Crippen molar-refractivity contribution in [2.45, 2.75) is 30.2 Å². The van der Waals surface area contributed by atoms with Gasteiger partial charge in [-0.25, -0.2) is 13.4 Å². The average molecular weight is 343 g/mol. The van der Waals surface area contributed by atoms with E-state index in [1.165, 1.54) is 6.33 Å². The lowest BCUT2D eigenvalue weighted by Crippen LogP contribution is -2.39. The van der Waals surface area contributed by atoms with E-state index in [0.717, 1.165) is 24.6 Å². The zero-order valence-electron chi connectivity index (χ0n) is 13.0. The number of aromatic amines is 1. The number of aromatic nitrogens is 4. The minimum Gasteiger partial charge on any atom is -0.264 e. The molecule has 0 bridgehead atoms. The molecule has 1 saturated heterocycles. The summed E-state index contributed by atoms with van der Waals surface area (Å²) in [5.74, 6) is 0.597. The van der Waals surface area contributed by atoms with E-state index in [1.54, 1.807) is 34.9 Å². The topological polar surface area (TPSA) is 91.8 Å². The van der Waals surface area contributed by atoms with Crippen LogP contribution in [-0.2, 0) is 10.0 Å². The highest BCUT2D eigenvalue weighted by molar-refractivity contribution is 7.89. The predicted octanol–water partition coefficient (Wildman–Crippen LogP) is 2.27. The van der Waals surface area contributed by atoms with Gasteiger partial charge in [-0.1, -0.05) is 18.6 Å². The zero-order chi connectivity index (χ0) is 16.6. The molecule has 3 aromatic rings. The van der Waals surface area contributed by atoms with Crippen LogP contribution in [0.4, 0.5) is 0 Å². The highest BCUT2D eigenvalue weighted by atomic mass is 32.2. The van der Waals surface area contributed by atoms with Crippen LogP contribution in [0.5, 0.6) is 0 Å². The molecule has 124 valence electrons. The lowest BCUT2D eigenvalue weighted by Gasteiger charge is -2.33. The Balaban J connectivity index is 1.83. The summed E-state index contributed by atoms with van der Waals surface area (Å²) in [7, 11) is -3.65. The van der Waals surface area contributed by atoms with Gasteiger partial charge in [0.1, 0.15) is 12.2 Å². The number of rotatable bonds is 3. The maximum absolute atomic E-state index is 13.4. The van der Waals surface area contributed by atoms with Gasteiger partial charge in [0, 0.05) is 29.7 Å². The Hall–Kier alpha value is -2.32. The van der Waals surface area contributed by atoms with Crippen LogP contribution in [0.25, 0.3) is 10.8 Å². The third kappa shape index (κ3) is 2.47. The molecule has 0 amide bonds. The molecule has 1 N–H and O–H groups in total. The Morgan fingerprint density at radius 1 is 1.21 bits per heavy atom. The SMILES string of the molecule is O=S(=O)(c1cccc2cnccc12)N1CCCCC1c1ncn[nH]1. The van der Waals surface area contributed by atoms with Crippen LogP contribution in [0.1, 0.15) is 31.1 Å². The van der Waals surface area contributed by atoms with Crippen LogP contribution in [0.15, 0.2) is 47.9 Å². The third-order valence-corrected chi connectivity index (χ3v) is 6.40. The van der Waals surface area contributed by atoms with Crippen molar-refractivity contribution in [3.8, 4) is 0 Å². The van der Waals surface area contributed by atoms with Gasteiger partial charge in [-0.3, -0.25) is 10.1 Å². The molecule has 0 saturated carbocycles. The molecule has 0 radical (unpaired) electrons. The maximum Gasteiger partial charge on any atom is 0.244 e. The van der Waals surface area contributed by atoms with E-state index in [9.17, 15) is 8.42 Å². The van der Waals surface area contributed by atoms with Gasteiger partial charge in [-0.15, -0.1) is 0 Å². The molecule has 0 spiro atoms. The molecule has 1 fully saturated rings. The van der Waals surface area contributed by atoms with Crippen molar-refractivity contribution >= 4 is 20.8 Å². The second-order valence-corrected chi connectivity index (χ2v) is 7.71.